The van der Waals surface area contributed by atoms with Crippen LogP contribution in [-0.4, -0.2) is 21.0 Å². The average Bonchev–Trinajstić information content (AvgIpc) is 2.98. The smallest absolute Gasteiger partial charge is 0.0723 e. The van der Waals surface area contributed by atoms with Crippen LogP contribution in [0.1, 0.15) is 56.7 Å². The van der Waals surface area contributed by atoms with Crippen LogP contribution in [-0.2, 0) is 6.42 Å². The van der Waals surface area contributed by atoms with E-state index in [1.54, 1.807) is 0 Å². The van der Waals surface area contributed by atoms with Gasteiger partial charge in [-0.05, 0) is 38.2 Å². The molecular formula is C15H22N2O. The number of hydrogen-bond acceptors (Lipinski definition) is 2. The van der Waals surface area contributed by atoms with E-state index in [9.17, 15) is 5.11 Å². The van der Waals surface area contributed by atoms with Crippen molar-refractivity contribution in [2.45, 2.75) is 63.5 Å². The molecule has 0 spiro atoms. The monoisotopic (exact) mass is 246 g/mol. The first-order valence-electron chi connectivity index (χ1n) is 7.23. The highest BCUT2D eigenvalue weighted by atomic mass is 16.3. The molecule has 98 valence electrons. The Morgan fingerprint density at radius 3 is 2.83 bits per heavy atom. The summed E-state index contributed by atoms with van der Waals surface area (Å²) in [7, 11) is 0. The first kappa shape index (κ1) is 12.0. The Bertz CT molecular complexity index is 429. The minimum Gasteiger partial charge on any atom is -0.389 e. The molecule has 2 aliphatic carbocycles. The van der Waals surface area contributed by atoms with Crippen LogP contribution in [0.3, 0.4) is 0 Å². The first-order valence-corrected chi connectivity index (χ1v) is 7.23. The van der Waals surface area contributed by atoms with E-state index in [0.717, 1.165) is 31.4 Å². The van der Waals surface area contributed by atoms with Crippen LogP contribution in [0.4, 0.5) is 0 Å². The summed E-state index contributed by atoms with van der Waals surface area (Å²) < 4.78 is 2.15. The molecule has 1 heterocycles. The minimum absolute atomic E-state index is 0.231. The third-order valence-electron chi connectivity index (χ3n) is 4.20. The number of aliphatic hydroxyl groups is 1. The van der Waals surface area contributed by atoms with Gasteiger partial charge in [-0.1, -0.05) is 24.5 Å². The molecule has 1 atom stereocenters. The summed E-state index contributed by atoms with van der Waals surface area (Å²) in [6.07, 6.45) is 13.2. The number of aliphatic hydroxyl groups excluding tert-OH is 1. The second-order valence-electron chi connectivity index (χ2n) is 5.69. The molecule has 1 fully saturated rings. The van der Waals surface area contributed by atoms with Crippen LogP contribution in [0, 0.1) is 0 Å². The molecule has 0 aromatic carbocycles. The minimum atomic E-state index is -0.231. The standard InChI is InChI=1S/C15H22N2O/c18-15-7-3-4-12(11-15)10-13-8-9-17(16-13)14-5-1-2-6-14/h8-9,11,14-15,18H,1-7,10H2. The van der Waals surface area contributed by atoms with Crippen molar-refractivity contribution in [3.05, 3.63) is 29.6 Å². The molecule has 1 N–H and O–H groups in total. The predicted octanol–water partition coefficient (Wildman–Crippen LogP) is 3.01. The maximum atomic E-state index is 9.63. The van der Waals surface area contributed by atoms with Gasteiger partial charge in [-0.25, -0.2) is 0 Å². The van der Waals surface area contributed by atoms with Gasteiger partial charge in [0.2, 0.25) is 0 Å². The lowest BCUT2D eigenvalue weighted by Crippen LogP contribution is -2.10. The summed E-state index contributed by atoms with van der Waals surface area (Å²) in [6.45, 7) is 0. The fourth-order valence-corrected chi connectivity index (χ4v) is 3.20. The van der Waals surface area contributed by atoms with E-state index in [1.165, 1.54) is 31.3 Å². The Balaban J connectivity index is 1.66. The summed E-state index contributed by atoms with van der Waals surface area (Å²) in [5.74, 6) is 0. The van der Waals surface area contributed by atoms with Crippen LogP contribution < -0.4 is 0 Å². The molecule has 3 heteroatoms. The molecule has 0 radical (unpaired) electrons. The fourth-order valence-electron chi connectivity index (χ4n) is 3.20. The SMILES string of the molecule is OC1C=C(Cc2ccn(C3CCCC3)n2)CCC1. The lowest BCUT2D eigenvalue weighted by atomic mass is 9.94. The van der Waals surface area contributed by atoms with E-state index < -0.39 is 0 Å². The van der Waals surface area contributed by atoms with E-state index in [2.05, 4.69) is 16.9 Å². The summed E-state index contributed by atoms with van der Waals surface area (Å²) in [5, 5.41) is 14.3. The highest BCUT2D eigenvalue weighted by Crippen LogP contribution is 2.29. The number of nitrogens with zero attached hydrogens (tertiary/aromatic N) is 2. The molecular weight excluding hydrogens is 224 g/mol. The molecule has 1 saturated carbocycles. The zero-order chi connectivity index (χ0) is 12.4. The number of rotatable bonds is 3. The Morgan fingerprint density at radius 2 is 2.06 bits per heavy atom. The van der Waals surface area contributed by atoms with E-state index in [-0.39, 0.29) is 6.10 Å². The molecule has 3 nitrogen and oxygen atoms in total. The molecule has 2 aliphatic rings. The molecule has 3 rings (SSSR count). The van der Waals surface area contributed by atoms with Crippen LogP contribution in [0.5, 0.6) is 0 Å². The van der Waals surface area contributed by atoms with Gasteiger partial charge in [-0.15, -0.1) is 0 Å². The van der Waals surface area contributed by atoms with Crippen molar-refractivity contribution in [1.29, 1.82) is 0 Å². The van der Waals surface area contributed by atoms with Crippen LogP contribution >= 0.6 is 0 Å². The molecule has 1 aromatic rings. The zero-order valence-electron chi connectivity index (χ0n) is 10.9. The van der Waals surface area contributed by atoms with Gasteiger partial charge < -0.3 is 5.11 Å². The van der Waals surface area contributed by atoms with Gasteiger partial charge in [0.05, 0.1) is 17.8 Å². The Labute approximate surface area is 109 Å². The highest BCUT2D eigenvalue weighted by Gasteiger charge is 2.18. The molecule has 1 unspecified atom stereocenters. The van der Waals surface area contributed by atoms with Crippen molar-refractivity contribution >= 4 is 0 Å². The van der Waals surface area contributed by atoms with E-state index in [4.69, 9.17) is 5.10 Å². The molecule has 0 aliphatic heterocycles. The normalized spacial score (nSPS) is 25.4. The van der Waals surface area contributed by atoms with Crippen molar-refractivity contribution in [1.82, 2.24) is 9.78 Å². The van der Waals surface area contributed by atoms with Crippen molar-refractivity contribution in [3.8, 4) is 0 Å². The van der Waals surface area contributed by atoms with Crippen molar-refractivity contribution in [3.63, 3.8) is 0 Å². The van der Waals surface area contributed by atoms with Crippen molar-refractivity contribution in [2.75, 3.05) is 0 Å². The van der Waals surface area contributed by atoms with Gasteiger partial charge >= 0.3 is 0 Å². The van der Waals surface area contributed by atoms with E-state index in [0.29, 0.717) is 6.04 Å². The maximum Gasteiger partial charge on any atom is 0.0723 e. The van der Waals surface area contributed by atoms with Gasteiger partial charge in [0.15, 0.2) is 0 Å². The Kier molecular flexibility index (Phi) is 3.50. The van der Waals surface area contributed by atoms with Crippen LogP contribution in [0.2, 0.25) is 0 Å². The van der Waals surface area contributed by atoms with Gasteiger partial charge in [-0.2, -0.15) is 5.10 Å². The molecule has 0 amide bonds. The average molecular weight is 246 g/mol. The van der Waals surface area contributed by atoms with E-state index >= 15 is 0 Å². The third kappa shape index (κ3) is 2.66. The third-order valence-corrected chi connectivity index (χ3v) is 4.20. The summed E-state index contributed by atoms with van der Waals surface area (Å²) >= 11 is 0. The first-order chi connectivity index (χ1) is 8.81. The second-order valence-corrected chi connectivity index (χ2v) is 5.69. The quantitative estimate of drug-likeness (QED) is 0.833. The fraction of sp³-hybridized carbons (Fsp3) is 0.667. The topological polar surface area (TPSA) is 38.0 Å². The highest BCUT2D eigenvalue weighted by molar-refractivity contribution is 5.17. The van der Waals surface area contributed by atoms with Gasteiger partial charge in [0.25, 0.3) is 0 Å². The summed E-state index contributed by atoms with van der Waals surface area (Å²) in [4.78, 5) is 0. The van der Waals surface area contributed by atoms with Crippen LogP contribution in [0.15, 0.2) is 23.9 Å². The largest absolute Gasteiger partial charge is 0.389 e. The zero-order valence-corrected chi connectivity index (χ0v) is 10.9. The Hall–Kier alpha value is -1.09. The van der Waals surface area contributed by atoms with Crippen molar-refractivity contribution < 1.29 is 5.11 Å². The van der Waals surface area contributed by atoms with Crippen molar-refractivity contribution in [2.24, 2.45) is 0 Å². The molecule has 18 heavy (non-hydrogen) atoms. The lowest BCUT2D eigenvalue weighted by Gasteiger charge is -2.16. The lowest BCUT2D eigenvalue weighted by molar-refractivity contribution is 0.202. The number of aromatic nitrogens is 2. The maximum absolute atomic E-state index is 9.63. The molecule has 0 saturated heterocycles. The predicted molar refractivity (Wildman–Crippen MR) is 71.4 cm³/mol. The van der Waals surface area contributed by atoms with Crippen LogP contribution in [0.25, 0.3) is 0 Å². The second kappa shape index (κ2) is 5.27. The molecule has 1 aromatic heterocycles. The van der Waals surface area contributed by atoms with Gasteiger partial charge in [0.1, 0.15) is 0 Å². The van der Waals surface area contributed by atoms with Gasteiger partial charge in [0, 0.05) is 12.6 Å². The summed E-state index contributed by atoms with van der Waals surface area (Å²) in [6, 6.07) is 2.77. The summed E-state index contributed by atoms with van der Waals surface area (Å²) in [5.41, 5.74) is 2.51. The van der Waals surface area contributed by atoms with Gasteiger partial charge in [-0.3, -0.25) is 4.68 Å². The number of allylic oxidation sites excluding steroid dienone is 1. The number of hydrogen-bond donors (Lipinski definition) is 1. The Morgan fingerprint density at radius 1 is 1.22 bits per heavy atom. The van der Waals surface area contributed by atoms with E-state index in [1.807, 2.05) is 6.08 Å². The molecule has 0 bridgehead atoms.